The fraction of sp³-hybridized carbons (Fsp3) is 0.857. The maximum absolute atomic E-state index is 11.9. The highest BCUT2D eigenvalue weighted by molar-refractivity contribution is 5.75. The van der Waals surface area contributed by atoms with Gasteiger partial charge in [0.2, 0.25) is 0 Å². The van der Waals surface area contributed by atoms with Gasteiger partial charge in [-0.15, -0.1) is 0 Å². The van der Waals surface area contributed by atoms with E-state index in [1.807, 2.05) is 6.92 Å². The SMILES string of the molecule is CC1(OCC(=O)O)CN(C(=O)NCCCN2CCCC2)C1. The maximum atomic E-state index is 11.9. The van der Waals surface area contributed by atoms with Gasteiger partial charge in [-0.3, -0.25) is 0 Å². The zero-order valence-corrected chi connectivity index (χ0v) is 12.6. The van der Waals surface area contributed by atoms with Gasteiger partial charge in [0.05, 0.1) is 13.1 Å². The molecule has 2 aliphatic heterocycles. The molecule has 0 spiro atoms. The minimum atomic E-state index is -0.985. The predicted octanol–water partition coefficient (Wildman–Crippen LogP) is 0.357. The summed E-state index contributed by atoms with van der Waals surface area (Å²) >= 11 is 0. The van der Waals surface area contributed by atoms with Crippen molar-refractivity contribution in [2.75, 3.05) is 45.9 Å². The highest BCUT2D eigenvalue weighted by Crippen LogP contribution is 2.24. The summed E-state index contributed by atoms with van der Waals surface area (Å²) in [6.45, 7) is 6.47. The fourth-order valence-electron chi connectivity index (χ4n) is 2.85. The lowest BCUT2D eigenvalue weighted by molar-refractivity contribution is -0.159. The molecule has 0 unspecified atom stereocenters. The lowest BCUT2D eigenvalue weighted by Crippen LogP contribution is -2.65. The molecule has 2 amide bonds. The zero-order valence-electron chi connectivity index (χ0n) is 12.6. The second-order valence-corrected chi connectivity index (χ2v) is 6.12. The molecular formula is C14H25N3O4. The van der Waals surface area contributed by atoms with Gasteiger partial charge in [-0.2, -0.15) is 0 Å². The van der Waals surface area contributed by atoms with Crippen LogP contribution in [0.25, 0.3) is 0 Å². The third kappa shape index (κ3) is 4.86. The third-order valence-electron chi connectivity index (χ3n) is 4.01. The number of nitrogens with one attached hydrogen (secondary N) is 1. The van der Waals surface area contributed by atoms with Gasteiger partial charge in [0.15, 0.2) is 0 Å². The van der Waals surface area contributed by atoms with Gasteiger partial charge in [-0.1, -0.05) is 0 Å². The molecule has 2 fully saturated rings. The number of aliphatic carboxylic acids is 1. The van der Waals surface area contributed by atoms with Crippen LogP contribution in [0.1, 0.15) is 26.2 Å². The van der Waals surface area contributed by atoms with Crippen molar-refractivity contribution < 1.29 is 19.4 Å². The first-order valence-electron chi connectivity index (χ1n) is 7.59. The van der Waals surface area contributed by atoms with E-state index < -0.39 is 11.6 Å². The van der Waals surface area contributed by atoms with Gasteiger partial charge in [-0.25, -0.2) is 9.59 Å². The number of carboxylic acids is 1. The summed E-state index contributed by atoms with van der Waals surface area (Å²) in [5, 5.41) is 11.5. The first kappa shape index (κ1) is 16.0. The Morgan fingerprint density at radius 3 is 2.57 bits per heavy atom. The molecule has 0 aromatic rings. The molecule has 2 aliphatic rings. The summed E-state index contributed by atoms with van der Waals surface area (Å²) in [5.41, 5.74) is -0.523. The molecule has 2 saturated heterocycles. The highest BCUT2D eigenvalue weighted by Gasteiger charge is 2.42. The van der Waals surface area contributed by atoms with Gasteiger partial charge in [0.25, 0.3) is 0 Å². The number of likely N-dealkylation sites (tertiary alicyclic amines) is 2. The van der Waals surface area contributed by atoms with Crippen molar-refractivity contribution in [2.45, 2.75) is 31.8 Å². The zero-order chi connectivity index (χ0) is 15.3. The Morgan fingerprint density at radius 1 is 1.29 bits per heavy atom. The lowest BCUT2D eigenvalue weighted by Gasteiger charge is -2.46. The number of nitrogens with zero attached hydrogens (tertiary/aromatic N) is 2. The molecule has 2 rings (SSSR count). The Kier molecular flexibility index (Phi) is 5.41. The molecular weight excluding hydrogens is 274 g/mol. The van der Waals surface area contributed by atoms with E-state index in [9.17, 15) is 9.59 Å². The molecule has 0 saturated carbocycles. The Balaban J connectivity index is 1.54. The predicted molar refractivity (Wildman–Crippen MR) is 77.3 cm³/mol. The van der Waals surface area contributed by atoms with Crippen LogP contribution in [0.3, 0.4) is 0 Å². The van der Waals surface area contributed by atoms with E-state index in [0.717, 1.165) is 13.0 Å². The molecule has 2 heterocycles. The van der Waals surface area contributed by atoms with Crippen LogP contribution in [-0.2, 0) is 9.53 Å². The number of rotatable bonds is 7. The van der Waals surface area contributed by atoms with Gasteiger partial charge < -0.3 is 25.0 Å². The average Bonchev–Trinajstić information content (AvgIpc) is 2.91. The molecule has 0 aromatic heterocycles. The average molecular weight is 299 g/mol. The van der Waals surface area contributed by atoms with E-state index >= 15 is 0 Å². The number of carbonyl (C=O) groups is 2. The number of carbonyl (C=O) groups excluding carboxylic acids is 1. The first-order valence-corrected chi connectivity index (χ1v) is 7.59. The fourth-order valence-corrected chi connectivity index (χ4v) is 2.85. The van der Waals surface area contributed by atoms with Crippen molar-refractivity contribution >= 4 is 12.0 Å². The van der Waals surface area contributed by atoms with Gasteiger partial charge in [0.1, 0.15) is 12.2 Å². The van der Waals surface area contributed by atoms with Crippen LogP contribution < -0.4 is 5.32 Å². The summed E-state index contributed by atoms with van der Waals surface area (Å²) < 4.78 is 5.27. The third-order valence-corrected chi connectivity index (χ3v) is 4.01. The van der Waals surface area contributed by atoms with Crippen LogP contribution in [-0.4, -0.2) is 78.4 Å². The minimum absolute atomic E-state index is 0.0900. The molecule has 21 heavy (non-hydrogen) atoms. The van der Waals surface area contributed by atoms with E-state index in [0.29, 0.717) is 19.6 Å². The standard InChI is InChI=1S/C14H25N3O4/c1-14(21-9-12(18)19)10-17(11-14)13(20)15-5-4-8-16-6-2-3-7-16/h2-11H2,1H3,(H,15,20)(H,18,19). The van der Waals surface area contributed by atoms with E-state index in [2.05, 4.69) is 10.2 Å². The Labute approximate surface area is 125 Å². The van der Waals surface area contributed by atoms with Crippen molar-refractivity contribution in [3.63, 3.8) is 0 Å². The first-order chi connectivity index (χ1) is 9.98. The molecule has 2 N–H and O–H groups in total. The maximum Gasteiger partial charge on any atom is 0.329 e. The van der Waals surface area contributed by atoms with Gasteiger partial charge in [0, 0.05) is 6.54 Å². The second-order valence-electron chi connectivity index (χ2n) is 6.12. The van der Waals surface area contributed by atoms with E-state index in [4.69, 9.17) is 9.84 Å². The minimum Gasteiger partial charge on any atom is -0.480 e. The van der Waals surface area contributed by atoms with E-state index in [1.54, 1.807) is 4.90 Å². The Hall–Kier alpha value is -1.34. The van der Waals surface area contributed by atoms with Crippen molar-refractivity contribution in [1.82, 2.24) is 15.1 Å². The summed E-state index contributed by atoms with van der Waals surface area (Å²) in [6, 6.07) is -0.0900. The van der Waals surface area contributed by atoms with E-state index in [-0.39, 0.29) is 12.6 Å². The molecule has 0 bridgehead atoms. The molecule has 7 nitrogen and oxygen atoms in total. The smallest absolute Gasteiger partial charge is 0.329 e. The van der Waals surface area contributed by atoms with Crippen LogP contribution in [0.5, 0.6) is 0 Å². The quantitative estimate of drug-likeness (QED) is 0.663. The summed E-state index contributed by atoms with van der Waals surface area (Å²) in [6.07, 6.45) is 3.54. The van der Waals surface area contributed by atoms with Crippen LogP contribution in [0.2, 0.25) is 0 Å². The topological polar surface area (TPSA) is 82.1 Å². The van der Waals surface area contributed by atoms with Crippen molar-refractivity contribution in [2.24, 2.45) is 0 Å². The molecule has 0 aliphatic carbocycles. The molecule has 7 heteroatoms. The van der Waals surface area contributed by atoms with Crippen molar-refractivity contribution in [3.05, 3.63) is 0 Å². The van der Waals surface area contributed by atoms with Gasteiger partial charge >= 0.3 is 12.0 Å². The number of amides is 2. The highest BCUT2D eigenvalue weighted by atomic mass is 16.5. The summed E-state index contributed by atoms with van der Waals surface area (Å²) in [7, 11) is 0. The largest absolute Gasteiger partial charge is 0.480 e. The molecule has 0 aromatic carbocycles. The Bertz CT molecular complexity index is 376. The normalized spacial score (nSPS) is 21.1. The van der Waals surface area contributed by atoms with E-state index in [1.165, 1.54) is 25.9 Å². The number of ether oxygens (including phenoxy) is 1. The van der Waals surface area contributed by atoms with Crippen LogP contribution in [0, 0.1) is 0 Å². The summed E-state index contributed by atoms with van der Waals surface area (Å²) in [4.78, 5) is 26.4. The van der Waals surface area contributed by atoms with Crippen LogP contribution >= 0.6 is 0 Å². The molecule has 0 atom stereocenters. The van der Waals surface area contributed by atoms with Crippen LogP contribution in [0.15, 0.2) is 0 Å². The number of hydrogen-bond donors (Lipinski definition) is 2. The van der Waals surface area contributed by atoms with Crippen LogP contribution in [0.4, 0.5) is 4.79 Å². The van der Waals surface area contributed by atoms with Crippen molar-refractivity contribution in [1.29, 1.82) is 0 Å². The van der Waals surface area contributed by atoms with Crippen molar-refractivity contribution in [3.8, 4) is 0 Å². The number of carboxylic acid groups (broad SMARTS) is 1. The van der Waals surface area contributed by atoms with Gasteiger partial charge in [-0.05, 0) is 45.8 Å². The Morgan fingerprint density at radius 2 is 1.95 bits per heavy atom. The second kappa shape index (κ2) is 7.09. The number of hydrogen-bond acceptors (Lipinski definition) is 4. The molecule has 0 radical (unpaired) electrons. The lowest BCUT2D eigenvalue weighted by atomic mass is 9.97. The number of urea groups is 1. The monoisotopic (exact) mass is 299 g/mol. The summed E-state index contributed by atoms with van der Waals surface area (Å²) in [5.74, 6) is -0.985. The molecule has 120 valence electrons.